The van der Waals surface area contributed by atoms with Gasteiger partial charge in [0.05, 0.1) is 10.6 Å². The lowest BCUT2D eigenvalue weighted by atomic mass is 10.1. The number of unbranched alkanes of at least 4 members (excludes halogenated alkanes) is 1. The second-order valence-corrected chi connectivity index (χ2v) is 7.47. The fourth-order valence-corrected chi connectivity index (χ4v) is 3.75. The van der Waals surface area contributed by atoms with Gasteiger partial charge in [-0.25, -0.2) is 8.42 Å². The molecule has 2 aromatic carbocycles. The number of sulfone groups is 1. The first-order valence-electron chi connectivity index (χ1n) is 7.88. The van der Waals surface area contributed by atoms with Gasteiger partial charge in [-0.15, -0.1) is 0 Å². The van der Waals surface area contributed by atoms with Crippen molar-refractivity contribution in [3.05, 3.63) is 65.7 Å². The molecule has 0 aromatic heterocycles. The van der Waals surface area contributed by atoms with Crippen molar-refractivity contribution >= 4 is 15.7 Å². The highest BCUT2D eigenvalue weighted by atomic mass is 32.2. The summed E-state index contributed by atoms with van der Waals surface area (Å²) in [5, 5.41) is 2.81. The number of carbonyl (C=O) groups excluding carboxylic acids is 1. The molecule has 0 heterocycles. The average Bonchev–Trinajstić information content (AvgIpc) is 2.59. The molecule has 0 unspecified atom stereocenters. The second-order valence-electron chi connectivity index (χ2n) is 5.48. The summed E-state index contributed by atoms with van der Waals surface area (Å²) in [5.41, 5.74) is 6.32. The van der Waals surface area contributed by atoms with E-state index in [2.05, 4.69) is 5.32 Å². The Bertz CT molecular complexity index is 774. The molecule has 128 valence electrons. The summed E-state index contributed by atoms with van der Waals surface area (Å²) in [4.78, 5) is 12.6. The number of benzene rings is 2. The molecule has 0 saturated heterocycles. The van der Waals surface area contributed by atoms with Gasteiger partial charge in [-0.05, 0) is 43.1 Å². The molecule has 3 N–H and O–H groups in total. The molecule has 24 heavy (non-hydrogen) atoms. The van der Waals surface area contributed by atoms with Crippen LogP contribution in [0.3, 0.4) is 0 Å². The lowest BCUT2D eigenvalue weighted by molar-refractivity contribution is 0.0952. The minimum absolute atomic E-state index is 0.205. The van der Waals surface area contributed by atoms with Crippen LogP contribution in [-0.4, -0.2) is 27.4 Å². The summed E-state index contributed by atoms with van der Waals surface area (Å²) in [6, 6.07) is 15.0. The molecule has 0 spiro atoms. The molecule has 2 rings (SSSR count). The Hall–Kier alpha value is -2.18. The quantitative estimate of drug-likeness (QED) is 0.717. The molecule has 2 aromatic rings. The van der Waals surface area contributed by atoms with E-state index in [1.807, 2.05) is 0 Å². The zero-order chi connectivity index (χ0) is 17.4. The van der Waals surface area contributed by atoms with Crippen LogP contribution in [0.4, 0.5) is 0 Å². The summed E-state index contributed by atoms with van der Waals surface area (Å²) >= 11 is 0. The van der Waals surface area contributed by atoms with Gasteiger partial charge in [0.15, 0.2) is 9.84 Å². The van der Waals surface area contributed by atoms with Crippen molar-refractivity contribution < 1.29 is 13.2 Å². The molecular weight excluding hydrogens is 324 g/mol. The van der Waals surface area contributed by atoms with Crippen LogP contribution in [0.15, 0.2) is 59.5 Å². The van der Waals surface area contributed by atoms with Gasteiger partial charge in [0.2, 0.25) is 0 Å². The van der Waals surface area contributed by atoms with Crippen LogP contribution >= 0.6 is 0 Å². The van der Waals surface area contributed by atoms with Crippen molar-refractivity contribution in [2.75, 3.05) is 13.1 Å². The highest BCUT2D eigenvalue weighted by Crippen LogP contribution is 2.19. The number of nitrogens with one attached hydrogen (secondary N) is 1. The van der Waals surface area contributed by atoms with E-state index in [1.165, 1.54) is 0 Å². The SMILES string of the molecule is NCCCCNC(=O)c1ccccc1CS(=O)(=O)c1ccccc1. The first-order valence-corrected chi connectivity index (χ1v) is 9.54. The molecule has 0 fully saturated rings. The summed E-state index contributed by atoms with van der Waals surface area (Å²) in [7, 11) is -3.49. The molecule has 0 atom stereocenters. The third-order valence-electron chi connectivity index (χ3n) is 3.63. The van der Waals surface area contributed by atoms with Gasteiger partial charge in [0, 0.05) is 12.1 Å². The van der Waals surface area contributed by atoms with E-state index in [4.69, 9.17) is 5.73 Å². The second kappa shape index (κ2) is 8.61. The summed E-state index contributed by atoms with van der Waals surface area (Å²) < 4.78 is 25.1. The topological polar surface area (TPSA) is 89.3 Å². The summed E-state index contributed by atoms with van der Waals surface area (Å²) in [6.07, 6.45) is 1.64. The van der Waals surface area contributed by atoms with Crippen LogP contribution in [0.1, 0.15) is 28.8 Å². The molecule has 0 aliphatic heterocycles. The lowest BCUT2D eigenvalue weighted by Crippen LogP contribution is -2.26. The molecule has 6 heteroatoms. The minimum atomic E-state index is -3.49. The predicted molar refractivity (Wildman–Crippen MR) is 94.4 cm³/mol. The van der Waals surface area contributed by atoms with E-state index < -0.39 is 9.84 Å². The Kier molecular flexibility index (Phi) is 6.52. The van der Waals surface area contributed by atoms with Crippen LogP contribution in [0.25, 0.3) is 0 Å². The van der Waals surface area contributed by atoms with E-state index in [0.29, 0.717) is 24.2 Å². The predicted octanol–water partition coefficient (Wildman–Crippen LogP) is 2.13. The van der Waals surface area contributed by atoms with Gasteiger partial charge in [-0.3, -0.25) is 4.79 Å². The Labute approximate surface area is 142 Å². The largest absolute Gasteiger partial charge is 0.352 e. The molecule has 0 bridgehead atoms. The fraction of sp³-hybridized carbons (Fsp3) is 0.278. The Morgan fingerprint density at radius 1 is 0.958 bits per heavy atom. The Morgan fingerprint density at radius 2 is 1.62 bits per heavy atom. The molecule has 1 amide bonds. The normalized spacial score (nSPS) is 11.2. The fourth-order valence-electron chi connectivity index (χ4n) is 2.35. The van der Waals surface area contributed by atoms with Crippen molar-refractivity contribution in [3.8, 4) is 0 Å². The maximum atomic E-state index is 12.5. The van der Waals surface area contributed by atoms with Crippen molar-refractivity contribution in [2.24, 2.45) is 5.73 Å². The van der Waals surface area contributed by atoms with Crippen LogP contribution in [-0.2, 0) is 15.6 Å². The van der Waals surface area contributed by atoms with Gasteiger partial charge in [0.25, 0.3) is 5.91 Å². The van der Waals surface area contributed by atoms with E-state index in [0.717, 1.165) is 12.8 Å². The number of rotatable bonds is 8. The number of hydrogen-bond acceptors (Lipinski definition) is 4. The van der Waals surface area contributed by atoms with Gasteiger partial charge in [-0.2, -0.15) is 0 Å². The third kappa shape index (κ3) is 4.91. The zero-order valence-electron chi connectivity index (χ0n) is 13.4. The Balaban J connectivity index is 2.15. The highest BCUT2D eigenvalue weighted by Gasteiger charge is 2.19. The molecule has 0 saturated carbocycles. The monoisotopic (exact) mass is 346 g/mol. The third-order valence-corrected chi connectivity index (χ3v) is 5.31. The van der Waals surface area contributed by atoms with Gasteiger partial charge < -0.3 is 11.1 Å². The molecule has 0 aliphatic carbocycles. The van der Waals surface area contributed by atoms with E-state index in [-0.39, 0.29) is 16.6 Å². The highest BCUT2D eigenvalue weighted by molar-refractivity contribution is 7.90. The van der Waals surface area contributed by atoms with E-state index >= 15 is 0 Å². The smallest absolute Gasteiger partial charge is 0.251 e. The van der Waals surface area contributed by atoms with Crippen LogP contribution in [0, 0.1) is 0 Å². The summed E-state index contributed by atoms with van der Waals surface area (Å²) in [5.74, 6) is -0.463. The van der Waals surface area contributed by atoms with Crippen molar-refractivity contribution in [2.45, 2.75) is 23.5 Å². The van der Waals surface area contributed by atoms with Crippen LogP contribution in [0.2, 0.25) is 0 Å². The first kappa shape index (κ1) is 18.2. The van der Waals surface area contributed by atoms with Crippen molar-refractivity contribution in [3.63, 3.8) is 0 Å². The number of hydrogen-bond donors (Lipinski definition) is 2. The van der Waals surface area contributed by atoms with Crippen LogP contribution in [0.5, 0.6) is 0 Å². The van der Waals surface area contributed by atoms with Crippen LogP contribution < -0.4 is 11.1 Å². The molecule has 0 radical (unpaired) electrons. The molecule has 0 aliphatic rings. The molecule has 5 nitrogen and oxygen atoms in total. The minimum Gasteiger partial charge on any atom is -0.352 e. The first-order chi connectivity index (χ1) is 11.5. The number of amides is 1. The lowest BCUT2D eigenvalue weighted by Gasteiger charge is -2.11. The van der Waals surface area contributed by atoms with Gasteiger partial charge >= 0.3 is 0 Å². The number of nitrogens with two attached hydrogens (primary N) is 1. The Morgan fingerprint density at radius 3 is 2.33 bits per heavy atom. The molecular formula is C18H22N2O3S. The maximum Gasteiger partial charge on any atom is 0.251 e. The zero-order valence-corrected chi connectivity index (χ0v) is 14.3. The van der Waals surface area contributed by atoms with E-state index in [9.17, 15) is 13.2 Å². The average molecular weight is 346 g/mol. The standard InChI is InChI=1S/C18H22N2O3S/c19-12-6-7-13-20-18(21)17-11-5-4-8-15(17)14-24(22,23)16-9-2-1-3-10-16/h1-5,8-11H,6-7,12-14,19H2,(H,20,21). The van der Waals surface area contributed by atoms with Gasteiger partial charge in [-0.1, -0.05) is 36.4 Å². The van der Waals surface area contributed by atoms with Crippen molar-refractivity contribution in [1.82, 2.24) is 5.32 Å². The van der Waals surface area contributed by atoms with E-state index in [1.54, 1.807) is 54.6 Å². The summed E-state index contributed by atoms with van der Waals surface area (Å²) in [6.45, 7) is 1.11. The van der Waals surface area contributed by atoms with Gasteiger partial charge in [0.1, 0.15) is 0 Å². The maximum absolute atomic E-state index is 12.5. The number of carbonyl (C=O) groups is 1. The van der Waals surface area contributed by atoms with Crippen molar-refractivity contribution in [1.29, 1.82) is 0 Å².